The summed E-state index contributed by atoms with van der Waals surface area (Å²) < 4.78 is 1.76. The van der Waals surface area contributed by atoms with E-state index in [4.69, 9.17) is 5.11 Å². The van der Waals surface area contributed by atoms with E-state index in [-0.39, 0.29) is 11.1 Å². The lowest BCUT2D eigenvalue weighted by atomic mass is 10.1. The van der Waals surface area contributed by atoms with E-state index in [1.807, 2.05) is 12.1 Å². The maximum absolute atomic E-state index is 12.1. The highest BCUT2D eigenvalue weighted by Gasteiger charge is 2.14. The summed E-state index contributed by atoms with van der Waals surface area (Å²) in [6.07, 6.45) is 5.02. The Morgan fingerprint density at radius 3 is 2.52 bits per heavy atom. The maximum atomic E-state index is 12.1. The van der Waals surface area contributed by atoms with Crippen LogP contribution in [0.1, 0.15) is 13.8 Å². The molecule has 1 aromatic heterocycles. The van der Waals surface area contributed by atoms with Crippen molar-refractivity contribution >= 4 is 17.6 Å². The topological polar surface area (TPSA) is 84.2 Å². The monoisotopic (exact) mass is 285 g/mol. The highest BCUT2D eigenvalue weighted by atomic mass is 16.4. The Morgan fingerprint density at radius 1 is 1.19 bits per heavy atom. The molecule has 0 aliphatic heterocycles. The number of imidazole rings is 1. The van der Waals surface area contributed by atoms with Crippen LogP contribution in [0.25, 0.3) is 5.69 Å². The minimum absolute atomic E-state index is 0.0209. The minimum atomic E-state index is -1.11. The zero-order valence-corrected chi connectivity index (χ0v) is 11.7. The molecule has 108 valence electrons. The van der Waals surface area contributed by atoms with Crippen LogP contribution in [0.4, 0.5) is 5.69 Å². The molecule has 0 spiro atoms. The number of nitrogens with one attached hydrogen (secondary N) is 1. The predicted molar refractivity (Wildman–Crippen MR) is 78.2 cm³/mol. The number of amides is 1. The molecular weight excluding hydrogens is 270 g/mol. The van der Waals surface area contributed by atoms with Crippen LogP contribution < -0.4 is 5.32 Å². The van der Waals surface area contributed by atoms with E-state index >= 15 is 0 Å². The lowest BCUT2D eigenvalue weighted by Crippen LogP contribution is -2.17. The van der Waals surface area contributed by atoms with E-state index in [0.717, 1.165) is 5.69 Å². The number of carbonyl (C=O) groups is 2. The van der Waals surface area contributed by atoms with Gasteiger partial charge in [0.1, 0.15) is 0 Å². The lowest BCUT2D eigenvalue weighted by Gasteiger charge is -2.12. The van der Waals surface area contributed by atoms with Crippen molar-refractivity contribution in [1.82, 2.24) is 9.55 Å². The Labute approximate surface area is 121 Å². The number of carbonyl (C=O) groups excluding carboxylic acids is 1. The van der Waals surface area contributed by atoms with Gasteiger partial charge in [0.15, 0.2) is 0 Å². The molecule has 1 aromatic carbocycles. The molecule has 6 heteroatoms. The summed E-state index contributed by atoms with van der Waals surface area (Å²) in [7, 11) is 0. The van der Waals surface area contributed by atoms with E-state index in [1.54, 1.807) is 35.4 Å². The SMILES string of the molecule is CC(C(=O)O)=C(C)C(=O)Nc1ccccc1-n1ccnc1. The highest BCUT2D eigenvalue weighted by Crippen LogP contribution is 2.20. The molecule has 2 rings (SSSR count). The number of hydrogen-bond donors (Lipinski definition) is 2. The fourth-order valence-corrected chi connectivity index (χ4v) is 1.75. The molecule has 21 heavy (non-hydrogen) atoms. The summed E-state index contributed by atoms with van der Waals surface area (Å²) in [5.74, 6) is -1.55. The number of rotatable bonds is 4. The molecular formula is C15H15N3O3. The normalized spacial score (nSPS) is 11.7. The average Bonchev–Trinajstić information content (AvgIpc) is 3.00. The van der Waals surface area contributed by atoms with Gasteiger partial charge in [0.2, 0.25) is 0 Å². The highest BCUT2D eigenvalue weighted by molar-refractivity contribution is 6.08. The van der Waals surface area contributed by atoms with Crippen molar-refractivity contribution < 1.29 is 14.7 Å². The van der Waals surface area contributed by atoms with Gasteiger partial charge in [0, 0.05) is 23.5 Å². The van der Waals surface area contributed by atoms with E-state index < -0.39 is 11.9 Å². The van der Waals surface area contributed by atoms with Gasteiger partial charge in [0.25, 0.3) is 5.91 Å². The number of aromatic nitrogens is 2. The minimum Gasteiger partial charge on any atom is -0.478 e. The van der Waals surface area contributed by atoms with Crippen LogP contribution in [0.3, 0.4) is 0 Å². The number of anilines is 1. The fourth-order valence-electron chi connectivity index (χ4n) is 1.75. The number of aliphatic carboxylic acids is 1. The van der Waals surface area contributed by atoms with Gasteiger partial charge >= 0.3 is 5.97 Å². The zero-order chi connectivity index (χ0) is 15.4. The van der Waals surface area contributed by atoms with Crippen molar-refractivity contribution in [3.63, 3.8) is 0 Å². The van der Waals surface area contributed by atoms with Gasteiger partial charge < -0.3 is 15.0 Å². The maximum Gasteiger partial charge on any atom is 0.331 e. The van der Waals surface area contributed by atoms with Crippen LogP contribution in [0.15, 0.2) is 54.1 Å². The average molecular weight is 285 g/mol. The predicted octanol–water partition coefficient (Wildman–Crippen LogP) is 2.23. The number of carboxylic acid groups (broad SMARTS) is 1. The molecule has 1 amide bonds. The fraction of sp³-hybridized carbons (Fsp3) is 0.133. The summed E-state index contributed by atoms with van der Waals surface area (Å²) in [6.45, 7) is 2.89. The molecule has 0 unspecified atom stereocenters. The lowest BCUT2D eigenvalue weighted by molar-refractivity contribution is -0.133. The van der Waals surface area contributed by atoms with Gasteiger partial charge in [-0.25, -0.2) is 9.78 Å². The summed E-state index contributed by atoms with van der Waals surface area (Å²) in [5, 5.41) is 11.6. The number of para-hydroxylation sites is 2. The van der Waals surface area contributed by atoms with Crippen molar-refractivity contribution in [2.45, 2.75) is 13.8 Å². The van der Waals surface area contributed by atoms with E-state index in [2.05, 4.69) is 10.3 Å². The summed E-state index contributed by atoms with van der Waals surface area (Å²) in [5.41, 5.74) is 1.53. The molecule has 0 saturated heterocycles. The second-order valence-electron chi connectivity index (χ2n) is 4.50. The van der Waals surface area contributed by atoms with Crippen LogP contribution in [-0.4, -0.2) is 26.5 Å². The van der Waals surface area contributed by atoms with Crippen molar-refractivity contribution in [1.29, 1.82) is 0 Å². The van der Waals surface area contributed by atoms with Crippen LogP contribution in [-0.2, 0) is 9.59 Å². The Balaban J connectivity index is 2.31. The van der Waals surface area contributed by atoms with Crippen LogP contribution in [0.2, 0.25) is 0 Å². The molecule has 0 aliphatic rings. The second kappa shape index (κ2) is 6.04. The van der Waals surface area contributed by atoms with Gasteiger partial charge in [-0.2, -0.15) is 0 Å². The molecule has 0 aliphatic carbocycles. The largest absolute Gasteiger partial charge is 0.478 e. The first-order valence-corrected chi connectivity index (χ1v) is 6.30. The van der Waals surface area contributed by atoms with Crippen LogP contribution in [0.5, 0.6) is 0 Å². The van der Waals surface area contributed by atoms with Crippen molar-refractivity contribution in [2.24, 2.45) is 0 Å². The third-order valence-corrected chi connectivity index (χ3v) is 3.16. The quantitative estimate of drug-likeness (QED) is 0.844. The summed E-state index contributed by atoms with van der Waals surface area (Å²) in [6, 6.07) is 7.21. The molecule has 1 heterocycles. The molecule has 0 saturated carbocycles. The number of nitrogens with zero attached hydrogens (tertiary/aromatic N) is 2. The molecule has 0 fully saturated rings. The van der Waals surface area contributed by atoms with Crippen molar-refractivity contribution in [3.05, 3.63) is 54.1 Å². The Morgan fingerprint density at radius 2 is 1.90 bits per heavy atom. The van der Waals surface area contributed by atoms with Gasteiger partial charge in [0.05, 0.1) is 17.7 Å². The molecule has 2 aromatic rings. The van der Waals surface area contributed by atoms with Gasteiger partial charge in [-0.1, -0.05) is 12.1 Å². The zero-order valence-electron chi connectivity index (χ0n) is 11.7. The second-order valence-corrected chi connectivity index (χ2v) is 4.50. The van der Waals surface area contributed by atoms with Gasteiger partial charge in [-0.3, -0.25) is 4.79 Å². The standard InChI is InChI=1S/C15H15N3O3/c1-10(11(2)15(20)21)14(19)17-12-5-3-4-6-13(12)18-8-7-16-9-18/h3-9H,1-2H3,(H,17,19)(H,20,21). The van der Waals surface area contributed by atoms with Crippen LogP contribution in [0, 0.1) is 0 Å². The number of benzene rings is 1. The van der Waals surface area contributed by atoms with E-state index in [9.17, 15) is 9.59 Å². The number of hydrogen-bond acceptors (Lipinski definition) is 3. The van der Waals surface area contributed by atoms with E-state index in [0.29, 0.717) is 5.69 Å². The van der Waals surface area contributed by atoms with Crippen molar-refractivity contribution in [3.8, 4) is 5.69 Å². The Hall–Kier alpha value is -2.89. The first-order valence-electron chi connectivity index (χ1n) is 6.30. The Kier molecular flexibility index (Phi) is 4.18. The smallest absolute Gasteiger partial charge is 0.331 e. The number of carboxylic acids is 1. The third-order valence-electron chi connectivity index (χ3n) is 3.16. The molecule has 2 N–H and O–H groups in total. The van der Waals surface area contributed by atoms with Crippen LogP contribution >= 0.6 is 0 Å². The van der Waals surface area contributed by atoms with Crippen molar-refractivity contribution in [2.75, 3.05) is 5.32 Å². The molecule has 6 nitrogen and oxygen atoms in total. The first kappa shape index (κ1) is 14.5. The van der Waals surface area contributed by atoms with Gasteiger partial charge in [-0.15, -0.1) is 0 Å². The molecule has 0 atom stereocenters. The molecule has 0 bridgehead atoms. The first-order chi connectivity index (χ1) is 10.0. The van der Waals surface area contributed by atoms with Gasteiger partial charge in [-0.05, 0) is 26.0 Å². The Bertz CT molecular complexity index is 703. The summed E-state index contributed by atoms with van der Waals surface area (Å²) >= 11 is 0. The third kappa shape index (κ3) is 3.17. The van der Waals surface area contributed by atoms with E-state index in [1.165, 1.54) is 13.8 Å². The molecule has 0 radical (unpaired) electrons. The summed E-state index contributed by atoms with van der Waals surface area (Å²) in [4.78, 5) is 27.0.